The molecule has 0 fully saturated rings. The molecule has 0 atom stereocenters. The van der Waals surface area contributed by atoms with E-state index in [0.717, 1.165) is 28.3 Å². The Morgan fingerprint density at radius 1 is 1.08 bits per heavy atom. The number of para-hydroxylation sites is 1. The number of rotatable bonds is 4. The number of thiazole rings is 1. The van der Waals surface area contributed by atoms with Gasteiger partial charge in [-0.25, -0.2) is 4.98 Å². The molecule has 0 radical (unpaired) electrons. The predicted octanol–water partition coefficient (Wildman–Crippen LogP) is 4.12. The molecule has 6 heteroatoms. The molecule has 0 aliphatic heterocycles. The van der Waals surface area contributed by atoms with Crippen LogP contribution in [0.2, 0.25) is 0 Å². The highest BCUT2D eigenvalue weighted by molar-refractivity contribution is 7.13. The van der Waals surface area contributed by atoms with Crippen molar-refractivity contribution < 1.29 is 4.74 Å². The molecule has 2 aromatic carbocycles. The van der Waals surface area contributed by atoms with E-state index in [0.29, 0.717) is 5.13 Å². The quantitative estimate of drug-likeness (QED) is 0.553. The highest BCUT2D eigenvalue weighted by Crippen LogP contribution is 2.36. The summed E-state index contributed by atoms with van der Waals surface area (Å²) < 4.78 is 6.12. The van der Waals surface area contributed by atoms with Gasteiger partial charge < -0.3 is 16.2 Å². The van der Waals surface area contributed by atoms with Gasteiger partial charge in [-0.05, 0) is 37.6 Å². The average Bonchev–Trinajstić information content (AvgIpc) is 2.98. The van der Waals surface area contributed by atoms with E-state index in [9.17, 15) is 0 Å². The van der Waals surface area contributed by atoms with Crippen molar-refractivity contribution in [1.29, 1.82) is 0 Å². The van der Waals surface area contributed by atoms with Gasteiger partial charge in [0, 0.05) is 10.9 Å². The maximum atomic E-state index is 6.12. The number of ether oxygens (including phenoxy) is 1. The van der Waals surface area contributed by atoms with E-state index < -0.39 is 0 Å². The summed E-state index contributed by atoms with van der Waals surface area (Å²) in [5.74, 6) is 1.56. The summed E-state index contributed by atoms with van der Waals surface area (Å²) in [6.07, 6.45) is 0. The summed E-state index contributed by atoms with van der Waals surface area (Å²) in [5, 5.41) is 2.43. The van der Waals surface area contributed by atoms with Crippen LogP contribution in [0.15, 0.2) is 52.8 Å². The van der Waals surface area contributed by atoms with Crippen molar-refractivity contribution in [3.8, 4) is 22.8 Å². The molecule has 4 N–H and O–H groups in total. The van der Waals surface area contributed by atoms with E-state index in [1.165, 1.54) is 16.9 Å². The largest absolute Gasteiger partial charge is 0.456 e. The number of hydrogen-bond donors (Lipinski definition) is 2. The first-order valence-electron chi connectivity index (χ1n) is 7.42. The van der Waals surface area contributed by atoms with Crippen molar-refractivity contribution in [1.82, 2.24) is 4.98 Å². The van der Waals surface area contributed by atoms with Crippen molar-refractivity contribution in [2.45, 2.75) is 13.8 Å². The number of nitrogens with zero attached hydrogens (tertiary/aromatic N) is 2. The molecule has 5 nitrogen and oxygen atoms in total. The van der Waals surface area contributed by atoms with Gasteiger partial charge in [-0.15, -0.1) is 11.3 Å². The molecule has 0 aliphatic carbocycles. The van der Waals surface area contributed by atoms with Crippen LogP contribution in [-0.4, -0.2) is 10.9 Å². The Hall–Kier alpha value is -2.86. The van der Waals surface area contributed by atoms with Crippen molar-refractivity contribution in [3.63, 3.8) is 0 Å². The number of guanidine groups is 1. The van der Waals surface area contributed by atoms with Gasteiger partial charge in [0.05, 0.1) is 5.69 Å². The fraction of sp³-hybridized carbons (Fsp3) is 0.111. The third-order valence-electron chi connectivity index (χ3n) is 3.43. The number of hydrogen-bond acceptors (Lipinski definition) is 4. The van der Waals surface area contributed by atoms with Crippen LogP contribution in [0.1, 0.15) is 11.1 Å². The fourth-order valence-electron chi connectivity index (χ4n) is 2.35. The van der Waals surface area contributed by atoms with Gasteiger partial charge in [-0.1, -0.05) is 29.8 Å². The molecule has 0 saturated carbocycles. The molecule has 0 spiro atoms. The second-order valence-corrected chi connectivity index (χ2v) is 6.26. The van der Waals surface area contributed by atoms with Crippen LogP contribution in [0.4, 0.5) is 5.13 Å². The van der Waals surface area contributed by atoms with Crippen LogP contribution in [0.5, 0.6) is 11.5 Å². The monoisotopic (exact) mass is 338 g/mol. The first-order chi connectivity index (χ1) is 11.5. The second kappa shape index (κ2) is 6.72. The zero-order valence-electron chi connectivity index (χ0n) is 13.5. The van der Waals surface area contributed by atoms with Gasteiger partial charge in [0.2, 0.25) is 5.13 Å². The lowest BCUT2D eigenvalue weighted by atomic mass is 10.1. The highest BCUT2D eigenvalue weighted by atomic mass is 32.1. The molecule has 3 aromatic rings. The molecule has 0 aliphatic rings. The number of aliphatic imine (C=N–C) groups is 1. The Kier molecular flexibility index (Phi) is 4.48. The topological polar surface area (TPSA) is 86.5 Å². The van der Waals surface area contributed by atoms with Gasteiger partial charge in [-0.3, -0.25) is 0 Å². The zero-order chi connectivity index (χ0) is 17.1. The molecule has 3 rings (SSSR count). The summed E-state index contributed by atoms with van der Waals surface area (Å²) in [6, 6.07) is 13.9. The minimum Gasteiger partial charge on any atom is -0.456 e. The normalized spacial score (nSPS) is 10.4. The Balaban J connectivity index is 1.96. The third kappa shape index (κ3) is 3.55. The van der Waals surface area contributed by atoms with Crippen LogP contribution in [0, 0.1) is 13.8 Å². The van der Waals surface area contributed by atoms with E-state index in [1.54, 1.807) is 0 Å². The van der Waals surface area contributed by atoms with Crippen molar-refractivity contribution in [2.24, 2.45) is 16.5 Å². The summed E-state index contributed by atoms with van der Waals surface area (Å²) >= 11 is 1.38. The molecule has 0 amide bonds. The summed E-state index contributed by atoms with van der Waals surface area (Å²) in [7, 11) is 0. The number of nitrogens with two attached hydrogens (primary N) is 2. The van der Waals surface area contributed by atoms with Crippen LogP contribution in [0.3, 0.4) is 0 Å². The fourth-order valence-corrected chi connectivity index (χ4v) is 3.06. The molecular formula is C18H18N4OS. The maximum Gasteiger partial charge on any atom is 0.212 e. The Morgan fingerprint density at radius 2 is 1.88 bits per heavy atom. The molecule has 0 bridgehead atoms. The smallest absolute Gasteiger partial charge is 0.212 e. The first kappa shape index (κ1) is 16.0. The number of benzene rings is 2. The van der Waals surface area contributed by atoms with Gasteiger partial charge in [0.1, 0.15) is 11.5 Å². The molecule has 122 valence electrons. The lowest BCUT2D eigenvalue weighted by molar-refractivity contribution is 0.480. The molecule has 0 saturated heterocycles. The summed E-state index contributed by atoms with van der Waals surface area (Å²) in [5.41, 5.74) is 14.8. The van der Waals surface area contributed by atoms with Gasteiger partial charge in [-0.2, -0.15) is 4.99 Å². The van der Waals surface area contributed by atoms with E-state index in [2.05, 4.69) is 23.0 Å². The SMILES string of the molecule is Cc1ccc(Oc2ccccc2-c2csc(N=C(N)N)n2)c(C)c1. The van der Waals surface area contributed by atoms with Gasteiger partial charge >= 0.3 is 0 Å². The summed E-state index contributed by atoms with van der Waals surface area (Å²) in [4.78, 5) is 8.43. The maximum absolute atomic E-state index is 6.12. The van der Waals surface area contributed by atoms with E-state index >= 15 is 0 Å². The van der Waals surface area contributed by atoms with E-state index in [-0.39, 0.29) is 5.96 Å². The van der Waals surface area contributed by atoms with E-state index in [1.807, 2.05) is 48.7 Å². The Morgan fingerprint density at radius 3 is 2.62 bits per heavy atom. The predicted molar refractivity (Wildman–Crippen MR) is 99.0 cm³/mol. The van der Waals surface area contributed by atoms with E-state index in [4.69, 9.17) is 16.2 Å². The minimum atomic E-state index is -0.00397. The molecule has 24 heavy (non-hydrogen) atoms. The minimum absolute atomic E-state index is 0.00397. The average molecular weight is 338 g/mol. The van der Waals surface area contributed by atoms with Gasteiger partial charge in [0.15, 0.2) is 5.96 Å². The van der Waals surface area contributed by atoms with Crippen molar-refractivity contribution >= 4 is 22.4 Å². The number of aromatic nitrogens is 1. The van der Waals surface area contributed by atoms with Crippen LogP contribution in [-0.2, 0) is 0 Å². The second-order valence-electron chi connectivity index (χ2n) is 5.42. The van der Waals surface area contributed by atoms with Crippen LogP contribution < -0.4 is 16.2 Å². The first-order valence-corrected chi connectivity index (χ1v) is 8.30. The lowest BCUT2D eigenvalue weighted by Crippen LogP contribution is -2.21. The Labute approximate surface area is 144 Å². The van der Waals surface area contributed by atoms with Crippen molar-refractivity contribution in [2.75, 3.05) is 0 Å². The molecule has 1 aromatic heterocycles. The van der Waals surface area contributed by atoms with Crippen LogP contribution >= 0.6 is 11.3 Å². The highest BCUT2D eigenvalue weighted by Gasteiger charge is 2.11. The third-order valence-corrected chi connectivity index (χ3v) is 4.16. The summed E-state index contributed by atoms with van der Waals surface area (Å²) in [6.45, 7) is 4.09. The van der Waals surface area contributed by atoms with Gasteiger partial charge in [0.25, 0.3) is 0 Å². The standard InChI is InChI=1S/C18H18N4OS/c1-11-7-8-15(12(2)9-11)23-16-6-4-3-5-13(16)14-10-24-18(21-14)22-17(19)20/h3-10H,1-2H3,(H4,19,20,21,22). The lowest BCUT2D eigenvalue weighted by Gasteiger charge is -2.12. The molecular weight excluding hydrogens is 320 g/mol. The Bertz CT molecular complexity index is 898. The van der Waals surface area contributed by atoms with Crippen molar-refractivity contribution in [3.05, 3.63) is 59.0 Å². The van der Waals surface area contributed by atoms with Crippen LogP contribution in [0.25, 0.3) is 11.3 Å². The number of aryl methyl sites for hydroxylation is 2. The molecule has 1 heterocycles. The zero-order valence-corrected chi connectivity index (χ0v) is 14.3. The molecule has 0 unspecified atom stereocenters.